The van der Waals surface area contributed by atoms with Crippen molar-refractivity contribution in [2.24, 2.45) is 5.73 Å². The van der Waals surface area contributed by atoms with E-state index in [1.165, 1.54) is 4.88 Å². The Kier molecular flexibility index (Phi) is 5.14. The summed E-state index contributed by atoms with van der Waals surface area (Å²) in [6, 6.07) is 2.11. The number of rotatable bonds is 4. The largest absolute Gasteiger partial charge is 0.352 e. The molecule has 0 unspecified atom stereocenters. The van der Waals surface area contributed by atoms with Gasteiger partial charge in [-0.25, -0.2) is 4.98 Å². The molecular formula is C16H22N6O2S. The Morgan fingerprint density at radius 3 is 2.60 bits per heavy atom. The third-order valence-corrected chi connectivity index (χ3v) is 5.41. The van der Waals surface area contributed by atoms with Crippen molar-refractivity contribution in [2.75, 3.05) is 42.9 Å². The van der Waals surface area contributed by atoms with Gasteiger partial charge in [-0.1, -0.05) is 6.92 Å². The van der Waals surface area contributed by atoms with E-state index in [1.807, 2.05) is 4.90 Å². The zero-order chi connectivity index (χ0) is 18.0. The van der Waals surface area contributed by atoms with Crippen LogP contribution in [0.5, 0.6) is 0 Å². The van der Waals surface area contributed by atoms with Crippen molar-refractivity contribution in [1.29, 1.82) is 0 Å². The van der Waals surface area contributed by atoms with Crippen molar-refractivity contribution >= 4 is 45.1 Å². The Balaban J connectivity index is 1.95. The van der Waals surface area contributed by atoms with Crippen molar-refractivity contribution in [3.63, 3.8) is 0 Å². The van der Waals surface area contributed by atoms with Crippen LogP contribution in [0.4, 0.5) is 11.8 Å². The smallest absolute Gasteiger partial charge is 0.240 e. The van der Waals surface area contributed by atoms with Crippen LogP contribution in [0, 0.1) is 0 Å². The highest BCUT2D eigenvalue weighted by atomic mass is 32.1. The van der Waals surface area contributed by atoms with Crippen molar-refractivity contribution in [1.82, 2.24) is 14.9 Å². The number of carbonyl (C=O) groups excluding carboxylic acids is 2. The van der Waals surface area contributed by atoms with E-state index in [-0.39, 0.29) is 24.3 Å². The first-order valence-corrected chi connectivity index (χ1v) is 9.14. The molecule has 0 aromatic carbocycles. The molecule has 0 bridgehead atoms. The van der Waals surface area contributed by atoms with E-state index in [2.05, 4.69) is 33.2 Å². The lowest BCUT2D eigenvalue weighted by Gasteiger charge is -2.35. The first-order chi connectivity index (χ1) is 12.0. The molecule has 3 rings (SSSR count). The van der Waals surface area contributed by atoms with Crippen LogP contribution in [-0.2, 0) is 16.0 Å². The van der Waals surface area contributed by atoms with Crippen LogP contribution in [0.2, 0.25) is 0 Å². The quantitative estimate of drug-likeness (QED) is 0.834. The van der Waals surface area contributed by atoms with Crippen molar-refractivity contribution in [2.45, 2.75) is 20.3 Å². The monoisotopic (exact) mass is 362 g/mol. The van der Waals surface area contributed by atoms with E-state index in [9.17, 15) is 9.59 Å². The van der Waals surface area contributed by atoms with E-state index in [1.54, 1.807) is 18.3 Å². The molecule has 3 N–H and O–H groups in total. The van der Waals surface area contributed by atoms with Crippen LogP contribution >= 0.6 is 11.3 Å². The van der Waals surface area contributed by atoms with E-state index < -0.39 is 0 Å². The number of amides is 2. The van der Waals surface area contributed by atoms with Crippen LogP contribution in [0.25, 0.3) is 10.2 Å². The Labute approximate surface area is 150 Å². The molecule has 1 aliphatic heterocycles. The third kappa shape index (κ3) is 3.72. The molecule has 1 fully saturated rings. The second kappa shape index (κ2) is 7.32. The topological polar surface area (TPSA) is 104 Å². The second-order valence-electron chi connectivity index (χ2n) is 5.90. The molecule has 0 atom stereocenters. The van der Waals surface area contributed by atoms with Crippen LogP contribution in [0.1, 0.15) is 18.7 Å². The molecule has 3 heterocycles. The minimum absolute atomic E-state index is 0.0900. The summed E-state index contributed by atoms with van der Waals surface area (Å²) in [4.78, 5) is 38.2. The van der Waals surface area contributed by atoms with E-state index >= 15 is 0 Å². The lowest BCUT2D eigenvalue weighted by atomic mass is 10.2. The number of nitrogens with one attached hydrogen (secondary N) is 1. The SMILES string of the molecule is CCc1cc2c(N3CCN(C(C)=O)CC3)nc(NC(=O)CN)nc2s1. The summed E-state index contributed by atoms with van der Waals surface area (Å²) in [6.45, 7) is 6.30. The van der Waals surface area contributed by atoms with Gasteiger partial charge in [0.05, 0.1) is 11.9 Å². The first kappa shape index (κ1) is 17.6. The van der Waals surface area contributed by atoms with Gasteiger partial charge in [-0.15, -0.1) is 11.3 Å². The predicted molar refractivity (Wildman–Crippen MR) is 98.9 cm³/mol. The minimum Gasteiger partial charge on any atom is -0.352 e. The summed E-state index contributed by atoms with van der Waals surface area (Å²) >= 11 is 1.60. The van der Waals surface area contributed by atoms with E-state index in [4.69, 9.17) is 5.73 Å². The molecule has 9 heteroatoms. The summed E-state index contributed by atoms with van der Waals surface area (Å²) in [7, 11) is 0. The molecule has 2 amide bonds. The van der Waals surface area contributed by atoms with Gasteiger partial charge in [0.15, 0.2) is 0 Å². The maximum absolute atomic E-state index is 11.6. The Bertz CT molecular complexity index is 797. The number of aromatic nitrogens is 2. The highest BCUT2D eigenvalue weighted by molar-refractivity contribution is 7.18. The maximum atomic E-state index is 11.6. The highest BCUT2D eigenvalue weighted by Gasteiger charge is 2.23. The van der Waals surface area contributed by atoms with Gasteiger partial charge >= 0.3 is 0 Å². The minimum atomic E-state index is -0.320. The van der Waals surface area contributed by atoms with E-state index in [0.29, 0.717) is 26.2 Å². The lowest BCUT2D eigenvalue weighted by molar-refractivity contribution is -0.129. The number of anilines is 2. The third-order valence-electron chi connectivity index (χ3n) is 4.23. The molecule has 0 radical (unpaired) electrons. The molecular weight excluding hydrogens is 340 g/mol. The number of nitrogens with zero attached hydrogens (tertiary/aromatic N) is 4. The fourth-order valence-electron chi connectivity index (χ4n) is 2.84. The molecule has 0 spiro atoms. The summed E-state index contributed by atoms with van der Waals surface area (Å²) in [6.07, 6.45) is 0.920. The van der Waals surface area contributed by atoms with Crippen molar-refractivity contribution < 1.29 is 9.59 Å². The number of fused-ring (bicyclic) bond motifs is 1. The normalized spacial score (nSPS) is 14.8. The molecule has 1 aliphatic rings. The van der Waals surface area contributed by atoms with Crippen molar-refractivity contribution in [3.05, 3.63) is 10.9 Å². The molecule has 0 saturated carbocycles. The summed E-state index contributed by atoms with van der Waals surface area (Å²) < 4.78 is 0. The van der Waals surface area contributed by atoms with Gasteiger partial charge < -0.3 is 15.5 Å². The predicted octanol–water partition coefficient (Wildman–Crippen LogP) is 0.819. The Hall–Kier alpha value is -2.26. The summed E-state index contributed by atoms with van der Waals surface area (Å²) in [5.74, 6) is 0.846. The molecule has 8 nitrogen and oxygen atoms in total. The van der Waals surface area contributed by atoms with Crippen LogP contribution < -0.4 is 16.0 Å². The average molecular weight is 362 g/mol. The Morgan fingerprint density at radius 2 is 2.00 bits per heavy atom. The van der Waals surface area contributed by atoms with Gasteiger partial charge in [-0.05, 0) is 12.5 Å². The fourth-order valence-corrected chi connectivity index (χ4v) is 3.80. The number of hydrogen-bond donors (Lipinski definition) is 2. The van der Waals surface area contributed by atoms with E-state index in [0.717, 1.165) is 22.5 Å². The van der Waals surface area contributed by atoms with Gasteiger partial charge in [-0.3, -0.25) is 14.9 Å². The second-order valence-corrected chi connectivity index (χ2v) is 7.02. The zero-order valence-electron chi connectivity index (χ0n) is 14.4. The molecule has 2 aromatic rings. The first-order valence-electron chi connectivity index (χ1n) is 8.32. The van der Waals surface area contributed by atoms with Gasteiger partial charge in [0.25, 0.3) is 0 Å². The van der Waals surface area contributed by atoms with Gasteiger partial charge in [0, 0.05) is 38.0 Å². The van der Waals surface area contributed by atoms with Gasteiger partial charge in [0.2, 0.25) is 17.8 Å². The number of aryl methyl sites for hydroxylation is 1. The maximum Gasteiger partial charge on any atom is 0.240 e. The summed E-state index contributed by atoms with van der Waals surface area (Å²) in [5.41, 5.74) is 5.37. The highest BCUT2D eigenvalue weighted by Crippen LogP contribution is 2.32. The number of nitrogens with two attached hydrogens (primary N) is 1. The Morgan fingerprint density at radius 1 is 1.28 bits per heavy atom. The number of hydrogen-bond acceptors (Lipinski definition) is 7. The molecule has 25 heavy (non-hydrogen) atoms. The van der Waals surface area contributed by atoms with Crippen molar-refractivity contribution in [3.8, 4) is 0 Å². The molecule has 0 aliphatic carbocycles. The van der Waals surface area contributed by atoms with Gasteiger partial charge in [-0.2, -0.15) is 4.98 Å². The van der Waals surface area contributed by atoms with Crippen LogP contribution in [0.3, 0.4) is 0 Å². The standard InChI is InChI=1S/C16H22N6O2S/c1-3-11-8-12-14(22-6-4-21(5-7-22)10(2)23)19-16(18-13(24)9-17)20-15(12)25-11/h8H,3-7,9,17H2,1-2H3,(H,18,19,20,24). The van der Waals surface area contributed by atoms with Gasteiger partial charge in [0.1, 0.15) is 10.6 Å². The fraction of sp³-hybridized carbons (Fsp3) is 0.500. The molecule has 1 saturated heterocycles. The lowest BCUT2D eigenvalue weighted by Crippen LogP contribution is -2.48. The zero-order valence-corrected chi connectivity index (χ0v) is 15.2. The van der Waals surface area contributed by atoms with Crippen LogP contribution in [0.15, 0.2) is 6.07 Å². The number of carbonyl (C=O) groups is 2. The number of piperazine rings is 1. The molecule has 134 valence electrons. The number of thiophene rings is 1. The average Bonchev–Trinajstić information content (AvgIpc) is 3.04. The summed E-state index contributed by atoms with van der Waals surface area (Å²) in [5, 5.41) is 3.64. The molecule has 2 aromatic heterocycles. The van der Waals surface area contributed by atoms with Crippen LogP contribution in [-0.4, -0.2) is 59.4 Å².